The van der Waals surface area contributed by atoms with E-state index in [1.807, 2.05) is 24.3 Å². The van der Waals surface area contributed by atoms with Gasteiger partial charge in [0, 0.05) is 11.0 Å². The van der Waals surface area contributed by atoms with Crippen molar-refractivity contribution in [3.8, 4) is 0 Å². The highest BCUT2D eigenvalue weighted by Gasteiger charge is 2.01. The van der Waals surface area contributed by atoms with Gasteiger partial charge in [0.25, 0.3) is 5.56 Å². The highest BCUT2D eigenvalue weighted by atomic mass is 127. The van der Waals surface area contributed by atoms with Crippen LogP contribution in [0.2, 0.25) is 0 Å². The smallest absolute Gasteiger partial charge is 0.261 e. The van der Waals surface area contributed by atoms with Crippen molar-refractivity contribution in [1.29, 1.82) is 0 Å². The fourth-order valence-corrected chi connectivity index (χ4v) is 1.84. The van der Waals surface area contributed by atoms with Crippen molar-refractivity contribution in [3.05, 3.63) is 40.9 Å². The van der Waals surface area contributed by atoms with Crippen LogP contribution in [-0.4, -0.2) is 14.0 Å². The van der Waals surface area contributed by atoms with Crippen LogP contribution in [0.25, 0.3) is 10.9 Å². The Morgan fingerprint density at radius 2 is 2.13 bits per heavy atom. The lowest BCUT2D eigenvalue weighted by molar-refractivity contribution is 0.655. The number of halogens is 1. The molecule has 0 unspecified atom stereocenters. The summed E-state index contributed by atoms with van der Waals surface area (Å²) < 4.78 is 2.73. The minimum Gasteiger partial charge on any atom is -0.299 e. The summed E-state index contributed by atoms with van der Waals surface area (Å²) in [6, 6.07) is 7.45. The average Bonchev–Trinajstić information content (AvgIpc) is 2.29. The SMILES string of the molecule is O=c1c2ccccc2ncn1CCCI. The molecule has 0 N–H and O–H groups in total. The van der Waals surface area contributed by atoms with E-state index in [1.165, 1.54) is 0 Å². The van der Waals surface area contributed by atoms with E-state index in [2.05, 4.69) is 27.6 Å². The summed E-state index contributed by atoms with van der Waals surface area (Å²) in [6.07, 6.45) is 2.64. The van der Waals surface area contributed by atoms with Crippen LogP contribution in [0.4, 0.5) is 0 Å². The van der Waals surface area contributed by atoms with Crippen LogP contribution in [0.1, 0.15) is 6.42 Å². The molecular formula is C11H11IN2O. The summed E-state index contributed by atoms with van der Waals surface area (Å²) in [5.74, 6) is 0. The van der Waals surface area contributed by atoms with E-state index in [1.54, 1.807) is 10.9 Å². The Hall–Kier alpha value is -0.910. The molecule has 0 aliphatic carbocycles. The minimum atomic E-state index is 0.0606. The molecule has 2 rings (SSSR count). The molecule has 1 heterocycles. The Morgan fingerprint density at radius 3 is 2.93 bits per heavy atom. The Morgan fingerprint density at radius 1 is 1.33 bits per heavy atom. The predicted octanol–water partition coefficient (Wildman–Crippen LogP) is 2.22. The van der Waals surface area contributed by atoms with Crippen LogP contribution in [0, 0.1) is 0 Å². The highest BCUT2D eigenvalue weighted by Crippen LogP contribution is 2.04. The number of nitrogens with zero attached hydrogens (tertiary/aromatic N) is 2. The molecule has 15 heavy (non-hydrogen) atoms. The second-order valence-electron chi connectivity index (χ2n) is 3.30. The van der Waals surface area contributed by atoms with Gasteiger partial charge in [0.2, 0.25) is 0 Å². The van der Waals surface area contributed by atoms with Crippen LogP contribution >= 0.6 is 22.6 Å². The summed E-state index contributed by atoms with van der Waals surface area (Å²) in [6.45, 7) is 0.750. The molecule has 0 fully saturated rings. The van der Waals surface area contributed by atoms with Gasteiger partial charge in [-0.1, -0.05) is 34.7 Å². The first-order valence-electron chi connectivity index (χ1n) is 4.83. The monoisotopic (exact) mass is 314 g/mol. The van der Waals surface area contributed by atoms with Crippen molar-refractivity contribution >= 4 is 33.5 Å². The molecule has 0 aliphatic heterocycles. The van der Waals surface area contributed by atoms with Crippen LogP contribution in [-0.2, 0) is 6.54 Å². The van der Waals surface area contributed by atoms with E-state index in [9.17, 15) is 4.79 Å². The van der Waals surface area contributed by atoms with E-state index < -0.39 is 0 Å². The number of benzene rings is 1. The molecule has 0 spiro atoms. The lowest BCUT2D eigenvalue weighted by Gasteiger charge is -2.04. The van der Waals surface area contributed by atoms with Gasteiger partial charge < -0.3 is 0 Å². The number of aromatic nitrogens is 2. The van der Waals surface area contributed by atoms with Gasteiger partial charge in [-0.3, -0.25) is 9.36 Å². The van der Waals surface area contributed by atoms with Crippen molar-refractivity contribution in [1.82, 2.24) is 9.55 Å². The molecule has 4 heteroatoms. The van der Waals surface area contributed by atoms with Gasteiger partial charge in [-0.2, -0.15) is 0 Å². The lowest BCUT2D eigenvalue weighted by Crippen LogP contribution is -2.20. The molecule has 0 saturated carbocycles. The predicted molar refractivity (Wildman–Crippen MR) is 69.5 cm³/mol. The highest BCUT2D eigenvalue weighted by molar-refractivity contribution is 14.1. The van der Waals surface area contributed by atoms with Crippen molar-refractivity contribution in [2.75, 3.05) is 4.43 Å². The molecule has 1 aromatic carbocycles. The standard InChI is InChI=1S/C11H11IN2O/c12-6-3-7-14-8-13-10-5-2-1-4-9(10)11(14)15/h1-2,4-5,8H,3,6-7H2. The summed E-state index contributed by atoms with van der Waals surface area (Å²) >= 11 is 2.31. The van der Waals surface area contributed by atoms with Crippen LogP contribution < -0.4 is 5.56 Å². The Labute approximate surface area is 101 Å². The molecule has 2 aromatic rings. The third-order valence-electron chi connectivity index (χ3n) is 2.26. The first-order chi connectivity index (χ1) is 7.33. The van der Waals surface area contributed by atoms with Gasteiger partial charge in [0.05, 0.1) is 17.2 Å². The number of fused-ring (bicyclic) bond motifs is 1. The summed E-state index contributed by atoms with van der Waals surface area (Å²) in [7, 11) is 0. The van der Waals surface area contributed by atoms with Gasteiger partial charge >= 0.3 is 0 Å². The molecule has 3 nitrogen and oxygen atoms in total. The van der Waals surface area contributed by atoms with Crippen molar-refractivity contribution in [2.24, 2.45) is 0 Å². The second-order valence-corrected chi connectivity index (χ2v) is 4.38. The fraction of sp³-hybridized carbons (Fsp3) is 0.273. The Kier molecular flexibility index (Phi) is 3.35. The molecule has 0 aliphatic rings. The average molecular weight is 314 g/mol. The molecule has 78 valence electrons. The number of hydrogen-bond donors (Lipinski definition) is 0. The maximum atomic E-state index is 12.0. The normalized spacial score (nSPS) is 10.7. The number of para-hydroxylation sites is 1. The van der Waals surface area contributed by atoms with Gasteiger partial charge in [0.15, 0.2) is 0 Å². The van der Waals surface area contributed by atoms with Gasteiger partial charge in [0.1, 0.15) is 0 Å². The van der Waals surface area contributed by atoms with Crippen molar-refractivity contribution in [2.45, 2.75) is 13.0 Å². The summed E-state index contributed by atoms with van der Waals surface area (Å²) in [5, 5.41) is 0.702. The number of aryl methyl sites for hydroxylation is 1. The second kappa shape index (κ2) is 4.74. The molecular weight excluding hydrogens is 303 g/mol. The molecule has 0 saturated heterocycles. The quantitative estimate of drug-likeness (QED) is 0.643. The Bertz CT molecular complexity index is 521. The van der Waals surface area contributed by atoms with Gasteiger partial charge in [-0.15, -0.1) is 0 Å². The van der Waals surface area contributed by atoms with Crippen LogP contribution in [0.3, 0.4) is 0 Å². The maximum absolute atomic E-state index is 12.0. The van der Waals surface area contributed by atoms with E-state index in [4.69, 9.17) is 0 Å². The zero-order valence-corrected chi connectivity index (χ0v) is 10.3. The third-order valence-corrected chi connectivity index (χ3v) is 3.03. The number of alkyl halides is 1. The molecule has 0 radical (unpaired) electrons. The first-order valence-corrected chi connectivity index (χ1v) is 6.35. The lowest BCUT2D eigenvalue weighted by atomic mass is 10.2. The largest absolute Gasteiger partial charge is 0.299 e. The van der Waals surface area contributed by atoms with E-state index in [-0.39, 0.29) is 5.56 Å². The van der Waals surface area contributed by atoms with Gasteiger partial charge in [-0.25, -0.2) is 4.98 Å². The topological polar surface area (TPSA) is 34.9 Å². The molecule has 1 aromatic heterocycles. The summed E-state index contributed by atoms with van der Waals surface area (Å²) in [4.78, 5) is 16.2. The van der Waals surface area contributed by atoms with Gasteiger partial charge in [-0.05, 0) is 18.6 Å². The first kappa shape index (κ1) is 10.6. The third kappa shape index (κ3) is 2.19. The van der Waals surface area contributed by atoms with Crippen LogP contribution in [0.15, 0.2) is 35.4 Å². The van der Waals surface area contributed by atoms with E-state index in [0.717, 1.165) is 22.9 Å². The van der Waals surface area contributed by atoms with E-state index >= 15 is 0 Å². The zero-order valence-electron chi connectivity index (χ0n) is 8.19. The van der Waals surface area contributed by atoms with Crippen molar-refractivity contribution < 1.29 is 0 Å². The molecule has 0 atom stereocenters. The summed E-state index contributed by atoms with van der Waals surface area (Å²) in [5.41, 5.74) is 0.832. The van der Waals surface area contributed by atoms with E-state index in [0.29, 0.717) is 5.39 Å². The molecule has 0 bridgehead atoms. The van der Waals surface area contributed by atoms with Crippen molar-refractivity contribution in [3.63, 3.8) is 0 Å². The minimum absolute atomic E-state index is 0.0606. The zero-order chi connectivity index (χ0) is 10.7. The number of rotatable bonds is 3. The number of hydrogen-bond acceptors (Lipinski definition) is 2. The fourth-order valence-electron chi connectivity index (χ4n) is 1.50. The van der Waals surface area contributed by atoms with Crippen LogP contribution in [0.5, 0.6) is 0 Å². The molecule has 0 amide bonds. The Balaban J connectivity index is 2.51. The maximum Gasteiger partial charge on any atom is 0.261 e.